The van der Waals surface area contributed by atoms with Crippen molar-refractivity contribution >= 4 is 0 Å². The summed E-state index contributed by atoms with van der Waals surface area (Å²) in [5, 5.41) is 3.63. The zero-order chi connectivity index (χ0) is 14.4. The highest BCUT2D eigenvalue weighted by Gasteiger charge is 2.13. The molecular weight excluding hydrogens is 244 g/mol. The van der Waals surface area contributed by atoms with E-state index in [2.05, 4.69) is 60.5 Å². The quantitative estimate of drug-likeness (QED) is 0.855. The molecule has 1 N–H and O–H groups in total. The van der Waals surface area contributed by atoms with E-state index in [4.69, 9.17) is 0 Å². The van der Waals surface area contributed by atoms with Crippen molar-refractivity contribution in [1.82, 2.24) is 10.3 Å². The first kappa shape index (κ1) is 14.7. The summed E-state index contributed by atoms with van der Waals surface area (Å²) in [6, 6.07) is 13.3. The van der Waals surface area contributed by atoms with Gasteiger partial charge in [0.2, 0.25) is 0 Å². The third-order valence-electron chi connectivity index (χ3n) is 3.56. The van der Waals surface area contributed by atoms with E-state index in [1.54, 1.807) is 0 Å². The van der Waals surface area contributed by atoms with Crippen LogP contribution in [0.1, 0.15) is 48.7 Å². The van der Waals surface area contributed by atoms with E-state index in [0.717, 1.165) is 25.1 Å². The van der Waals surface area contributed by atoms with Crippen LogP contribution in [0, 0.1) is 6.92 Å². The summed E-state index contributed by atoms with van der Waals surface area (Å²) in [5.74, 6) is 0. The van der Waals surface area contributed by atoms with E-state index >= 15 is 0 Å². The van der Waals surface area contributed by atoms with E-state index in [1.807, 2.05) is 13.1 Å². The van der Waals surface area contributed by atoms with Crippen LogP contribution < -0.4 is 5.32 Å². The Morgan fingerprint density at radius 3 is 2.60 bits per heavy atom. The van der Waals surface area contributed by atoms with Crippen molar-refractivity contribution in [3.05, 3.63) is 65.0 Å². The molecule has 0 amide bonds. The molecule has 20 heavy (non-hydrogen) atoms. The molecular formula is C18H24N2. The first-order chi connectivity index (χ1) is 9.74. The van der Waals surface area contributed by atoms with E-state index in [1.165, 1.54) is 16.7 Å². The summed E-state index contributed by atoms with van der Waals surface area (Å²) < 4.78 is 0. The summed E-state index contributed by atoms with van der Waals surface area (Å²) in [7, 11) is 0. The summed E-state index contributed by atoms with van der Waals surface area (Å²) in [5.41, 5.74) is 5.00. The molecule has 1 aromatic carbocycles. The Labute approximate surface area is 122 Å². The number of nitrogens with one attached hydrogen (secondary N) is 1. The molecule has 1 atom stereocenters. The average molecular weight is 268 g/mol. The van der Waals surface area contributed by atoms with Crippen molar-refractivity contribution in [2.24, 2.45) is 0 Å². The summed E-state index contributed by atoms with van der Waals surface area (Å²) >= 11 is 0. The number of benzene rings is 1. The molecule has 0 fully saturated rings. The van der Waals surface area contributed by atoms with Gasteiger partial charge in [0.25, 0.3) is 0 Å². The van der Waals surface area contributed by atoms with Gasteiger partial charge in [-0.25, -0.2) is 0 Å². The molecule has 0 radical (unpaired) electrons. The number of hydrogen-bond acceptors (Lipinski definition) is 2. The lowest BCUT2D eigenvalue weighted by Crippen LogP contribution is -2.23. The largest absolute Gasteiger partial charge is 0.306 e. The number of hydrogen-bond donors (Lipinski definition) is 1. The maximum atomic E-state index is 4.44. The predicted octanol–water partition coefficient (Wildman–Crippen LogP) is 4.04. The van der Waals surface area contributed by atoms with Crippen LogP contribution in [0.25, 0.3) is 0 Å². The van der Waals surface area contributed by atoms with Gasteiger partial charge in [0, 0.05) is 11.9 Å². The molecule has 106 valence electrons. The molecule has 0 aliphatic carbocycles. The molecule has 0 saturated heterocycles. The molecule has 1 heterocycles. The lowest BCUT2D eigenvalue weighted by atomic mass is 9.97. The fourth-order valence-electron chi connectivity index (χ4n) is 2.36. The molecule has 1 aromatic heterocycles. The number of pyridine rings is 1. The molecule has 0 aliphatic rings. The predicted molar refractivity (Wildman–Crippen MR) is 84.9 cm³/mol. The Morgan fingerprint density at radius 1 is 1.10 bits per heavy atom. The number of nitrogens with zero attached hydrogens (tertiary/aromatic N) is 1. The monoisotopic (exact) mass is 268 g/mol. The van der Waals surface area contributed by atoms with Crippen LogP contribution in [-0.2, 0) is 6.42 Å². The van der Waals surface area contributed by atoms with Gasteiger partial charge >= 0.3 is 0 Å². The fourth-order valence-corrected chi connectivity index (χ4v) is 2.36. The normalized spacial score (nSPS) is 12.3. The summed E-state index contributed by atoms with van der Waals surface area (Å²) in [6.07, 6.45) is 4.19. The number of aromatic nitrogens is 1. The second-order valence-electron chi connectivity index (χ2n) is 5.22. The van der Waals surface area contributed by atoms with E-state index in [0.29, 0.717) is 0 Å². The zero-order valence-corrected chi connectivity index (χ0v) is 12.7. The maximum Gasteiger partial charge on any atom is 0.0592 e. The molecule has 2 heteroatoms. The highest BCUT2D eigenvalue weighted by atomic mass is 14.9. The molecule has 1 unspecified atom stereocenters. The molecule has 2 rings (SSSR count). The molecule has 0 aliphatic heterocycles. The Hall–Kier alpha value is -1.67. The minimum atomic E-state index is 0.231. The topological polar surface area (TPSA) is 24.9 Å². The van der Waals surface area contributed by atoms with Gasteiger partial charge in [-0.05, 0) is 49.1 Å². The van der Waals surface area contributed by atoms with Gasteiger partial charge in [-0.15, -0.1) is 0 Å². The summed E-state index contributed by atoms with van der Waals surface area (Å²) in [4.78, 5) is 4.44. The Bertz CT molecular complexity index is 531. The standard InChI is InChI=1S/C18H24N2/c1-4-11-19-18(17-10-9-14(3)20-13-17)16-8-6-7-15(5-2)12-16/h6-10,12-13,18-19H,4-5,11H2,1-3H3. The Kier molecular flexibility index (Phi) is 5.31. The van der Waals surface area contributed by atoms with Crippen molar-refractivity contribution in [2.45, 2.75) is 39.7 Å². The molecule has 2 nitrogen and oxygen atoms in total. The first-order valence-corrected chi connectivity index (χ1v) is 7.49. The van der Waals surface area contributed by atoms with Crippen molar-refractivity contribution in [1.29, 1.82) is 0 Å². The van der Waals surface area contributed by atoms with Gasteiger partial charge in [0.1, 0.15) is 0 Å². The van der Waals surface area contributed by atoms with Crippen LogP contribution >= 0.6 is 0 Å². The molecule has 0 bridgehead atoms. The third kappa shape index (κ3) is 3.67. The van der Waals surface area contributed by atoms with Gasteiger partial charge < -0.3 is 5.32 Å². The average Bonchev–Trinajstić information content (AvgIpc) is 2.49. The number of aryl methyl sites for hydroxylation is 2. The Balaban J connectivity index is 2.32. The zero-order valence-electron chi connectivity index (χ0n) is 12.7. The van der Waals surface area contributed by atoms with Crippen molar-refractivity contribution in [3.8, 4) is 0 Å². The molecule has 0 spiro atoms. The van der Waals surface area contributed by atoms with Gasteiger partial charge in [0.05, 0.1) is 6.04 Å². The van der Waals surface area contributed by atoms with Crippen molar-refractivity contribution < 1.29 is 0 Å². The minimum absolute atomic E-state index is 0.231. The second kappa shape index (κ2) is 7.20. The minimum Gasteiger partial charge on any atom is -0.306 e. The van der Waals surface area contributed by atoms with Crippen molar-refractivity contribution in [2.75, 3.05) is 6.54 Å². The highest BCUT2D eigenvalue weighted by Crippen LogP contribution is 2.22. The molecule has 2 aromatic rings. The van der Waals surface area contributed by atoms with Crippen LogP contribution in [0.2, 0.25) is 0 Å². The second-order valence-corrected chi connectivity index (χ2v) is 5.22. The van der Waals surface area contributed by atoms with E-state index in [9.17, 15) is 0 Å². The van der Waals surface area contributed by atoms with Gasteiger partial charge in [-0.2, -0.15) is 0 Å². The van der Waals surface area contributed by atoms with Crippen LogP contribution in [0.4, 0.5) is 0 Å². The number of rotatable bonds is 6. The third-order valence-corrected chi connectivity index (χ3v) is 3.56. The van der Waals surface area contributed by atoms with Crippen LogP contribution in [-0.4, -0.2) is 11.5 Å². The molecule has 0 saturated carbocycles. The smallest absolute Gasteiger partial charge is 0.0592 e. The van der Waals surface area contributed by atoms with E-state index < -0.39 is 0 Å². The fraction of sp³-hybridized carbons (Fsp3) is 0.389. The van der Waals surface area contributed by atoms with Crippen LogP contribution in [0.3, 0.4) is 0 Å². The van der Waals surface area contributed by atoms with Crippen LogP contribution in [0.5, 0.6) is 0 Å². The van der Waals surface area contributed by atoms with Gasteiger partial charge in [-0.1, -0.05) is 44.2 Å². The van der Waals surface area contributed by atoms with E-state index in [-0.39, 0.29) is 6.04 Å². The van der Waals surface area contributed by atoms with Crippen molar-refractivity contribution in [3.63, 3.8) is 0 Å². The van der Waals surface area contributed by atoms with Gasteiger partial charge in [-0.3, -0.25) is 4.98 Å². The maximum absolute atomic E-state index is 4.44. The van der Waals surface area contributed by atoms with Gasteiger partial charge in [0.15, 0.2) is 0 Å². The lowest BCUT2D eigenvalue weighted by Gasteiger charge is -2.20. The Morgan fingerprint density at radius 2 is 1.95 bits per heavy atom. The van der Waals surface area contributed by atoms with Crippen LogP contribution in [0.15, 0.2) is 42.6 Å². The first-order valence-electron chi connectivity index (χ1n) is 7.49. The summed E-state index contributed by atoms with van der Waals surface area (Å²) in [6.45, 7) is 7.42. The highest BCUT2D eigenvalue weighted by molar-refractivity contribution is 5.33. The lowest BCUT2D eigenvalue weighted by molar-refractivity contribution is 0.596. The SMILES string of the molecule is CCCNC(c1ccc(C)nc1)c1cccc(CC)c1.